The second-order valence-corrected chi connectivity index (χ2v) is 7.16. The minimum atomic E-state index is -1.29. The molecule has 0 saturated carbocycles. The van der Waals surface area contributed by atoms with E-state index < -0.39 is 54.5 Å². The van der Waals surface area contributed by atoms with Gasteiger partial charge in [-0.15, -0.1) is 0 Å². The van der Waals surface area contributed by atoms with Crippen molar-refractivity contribution < 1.29 is 42.9 Å². The highest BCUT2D eigenvalue weighted by atomic mass is 16.7. The molecule has 1 aliphatic rings. The zero-order chi connectivity index (χ0) is 24.4. The van der Waals surface area contributed by atoms with Crippen molar-refractivity contribution in [3.63, 3.8) is 0 Å². The number of carbonyl (C=O) groups is 4. The Morgan fingerprint density at radius 2 is 1.48 bits per heavy atom. The Bertz CT molecular complexity index is 896. The van der Waals surface area contributed by atoms with E-state index in [-0.39, 0.29) is 6.61 Å². The van der Waals surface area contributed by atoms with Crippen LogP contribution in [0.5, 0.6) is 0 Å². The third kappa shape index (κ3) is 8.49. The van der Waals surface area contributed by atoms with Crippen LogP contribution in [0.3, 0.4) is 0 Å². The first-order valence-electron chi connectivity index (χ1n) is 10.2. The summed E-state index contributed by atoms with van der Waals surface area (Å²) in [4.78, 5) is 50.9. The number of hydrogen-bond donors (Lipinski definition) is 0. The smallest absolute Gasteiger partial charge is 0.305 e. The first kappa shape index (κ1) is 25.7. The van der Waals surface area contributed by atoms with Crippen molar-refractivity contribution in [1.29, 1.82) is 0 Å². The lowest BCUT2D eigenvalue weighted by molar-refractivity contribution is -0.266. The zero-order valence-electron chi connectivity index (χ0n) is 18.8. The molecule has 0 bridgehead atoms. The molecule has 10 heteroatoms. The third-order valence-corrected chi connectivity index (χ3v) is 4.38. The Labute approximate surface area is 191 Å². The minimum absolute atomic E-state index is 0.326. The number of rotatable bonds is 8. The lowest BCUT2D eigenvalue weighted by atomic mass is 9.96. The van der Waals surface area contributed by atoms with Crippen LogP contribution in [0.1, 0.15) is 33.3 Å². The van der Waals surface area contributed by atoms with Crippen molar-refractivity contribution in [2.24, 2.45) is 4.99 Å². The molecular weight excluding hydrogens is 434 g/mol. The monoisotopic (exact) mass is 461 g/mol. The predicted molar refractivity (Wildman–Crippen MR) is 116 cm³/mol. The number of nitrogens with zero attached hydrogens (tertiary/aromatic N) is 1. The molecule has 1 fully saturated rings. The average molecular weight is 461 g/mol. The van der Waals surface area contributed by atoms with E-state index in [9.17, 15) is 19.2 Å². The summed E-state index contributed by atoms with van der Waals surface area (Å²) in [7, 11) is 0. The van der Waals surface area contributed by atoms with Crippen molar-refractivity contribution in [2.45, 2.75) is 58.3 Å². The summed E-state index contributed by atoms with van der Waals surface area (Å²) in [6.07, 6.45) is 0.173. The second kappa shape index (κ2) is 12.5. The van der Waals surface area contributed by atoms with Gasteiger partial charge in [-0.2, -0.15) is 0 Å². The molecule has 0 radical (unpaired) electrons. The fourth-order valence-corrected chi connectivity index (χ4v) is 3.17. The molecule has 0 unspecified atom stereocenters. The Morgan fingerprint density at radius 3 is 2.06 bits per heavy atom. The van der Waals surface area contributed by atoms with Gasteiger partial charge in [0.2, 0.25) is 6.29 Å². The molecule has 1 aliphatic heterocycles. The van der Waals surface area contributed by atoms with Gasteiger partial charge in [-0.25, -0.2) is 0 Å². The first-order chi connectivity index (χ1) is 15.7. The molecule has 1 aromatic carbocycles. The highest BCUT2D eigenvalue weighted by Gasteiger charge is 2.51. The molecule has 10 nitrogen and oxygen atoms in total. The maximum absolute atomic E-state index is 11.8. The molecule has 2 rings (SSSR count). The van der Waals surface area contributed by atoms with Gasteiger partial charge in [0.05, 0.1) is 0 Å². The van der Waals surface area contributed by atoms with Crippen molar-refractivity contribution in [2.75, 3.05) is 6.61 Å². The molecular formula is C23H27NO9. The lowest BCUT2D eigenvalue weighted by Gasteiger charge is -2.42. The van der Waals surface area contributed by atoms with E-state index in [1.807, 2.05) is 30.3 Å². The zero-order valence-corrected chi connectivity index (χ0v) is 18.8. The number of allylic oxidation sites excluding steroid dienone is 1. The normalized spacial score (nSPS) is 24.9. The molecule has 1 aromatic rings. The van der Waals surface area contributed by atoms with Gasteiger partial charge in [-0.3, -0.25) is 24.2 Å². The Morgan fingerprint density at radius 1 is 0.879 bits per heavy atom. The van der Waals surface area contributed by atoms with Crippen LogP contribution in [-0.4, -0.2) is 67.3 Å². The molecule has 1 saturated heterocycles. The quantitative estimate of drug-likeness (QED) is 0.324. The summed E-state index contributed by atoms with van der Waals surface area (Å²) in [5.41, 5.74) is 0.927. The molecule has 1 heterocycles. The van der Waals surface area contributed by atoms with Crippen LogP contribution in [0.2, 0.25) is 0 Å². The minimum Gasteiger partial charge on any atom is -0.463 e. The van der Waals surface area contributed by atoms with Gasteiger partial charge in [0.25, 0.3) is 0 Å². The fraction of sp³-hybridized carbons (Fsp3) is 0.435. The summed E-state index contributed by atoms with van der Waals surface area (Å²) in [6.45, 7) is 4.40. The van der Waals surface area contributed by atoms with E-state index in [0.29, 0.717) is 0 Å². The average Bonchev–Trinajstić information content (AvgIpc) is 2.72. The Balaban J connectivity index is 2.38. The third-order valence-electron chi connectivity index (χ3n) is 4.38. The van der Waals surface area contributed by atoms with Crippen molar-refractivity contribution >= 4 is 36.2 Å². The Hall–Kier alpha value is -3.53. The van der Waals surface area contributed by atoms with E-state index in [4.69, 9.17) is 23.7 Å². The largest absolute Gasteiger partial charge is 0.463 e. The maximum Gasteiger partial charge on any atom is 0.305 e. The summed E-state index contributed by atoms with van der Waals surface area (Å²) in [6, 6.07) is 8.38. The summed E-state index contributed by atoms with van der Waals surface area (Å²) >= 11 is 0. The van der Waals surface area contributed by atoms with Crippen LogP contribution in [0.15, 0.2) is 41.4 Å². The number of carbonyl (C=O) groups excluding carboxylic acids is 4. The molecule has 5 atom stereocenters. The van der Waals surface area contributed by atoms with Crippen LogP contribution in [0, 0.1) is 0 Å². The molecule has 0 amide bonds. The first-order valence-corrected chi connectivity index (χ1v) is 10.2. The van der Waals surface area contributed by atoms with Gasteiger partial charge < -0.3 is 23.7 Å². The van der Waals surface area contributed by atoms with Gasteiger partial charge in [0, 0.05) is 33.9 Å². The van der Waals surface area contributed by atoms with E-state index in [2.05, 4.69) is 4.99 Å². The van der Waals surface area contributed by atoms with Crippen molar-refractivity contribution in [1.82, 2.24) is 0 Å². The molecule has 0 N–H and O–H groups in total. The fourth-order valence-electron chi connectivity index (χ4n) is 3.17. The standard InChI is InChI=1S/C23H27NO9/c1-14(25)29-13-19-21(30-15(2)26)22(31-16(3)27)20(23(33-19)32-17(4)28)24-12-8-11-18-9-6-5-7-10-18/h5-12,19-23H,13H2,1-4H3/b11-8+,24-12?/t19-,20-,21+,22-,23-/m1/s1. The van der Waals surface area contributed by atoms with Gasteiger partial charge in [0.1, 0.15) is 12.7 Å². The van der Waals surface area contributed by atoms with Crippen LogP contribution >= 0.6 is 0 Å². The molecule has 0 spiro atoms. The summed E-state index contributed by atoms with van der Waals surface area (Å²) in [5, 5.41) is 0. The summed E-state index contributed by atoms with van der Waals surface area (Å²) < 4.78 is 26.8. The topological polar surface area (TPSA) is 127 Å². The molecule has 178 valence electrons. The van der Waals surface area contributed by atoms with E-state index in [0.717, 1.165) is 5.56 Å². The van der Waals surface area contributed by atoms with Gasteiger partial charge in [-0.05, 0) is 11.6 Å². The van der Waals surface area contributed by atoms with Crippen LogP contribution in [0.4, 0.5) is 0 Å². The van der Waals surface area contributed by atoms with Gasteiger partial charge in [-0.1, -0.05) is 36.4 Å². The Kier molecular flexibility index (Phi) is 9.74. The van der Waals surface area contributed by atoms with Gasteiger partial charge >= 0.3 is 23.9 Å². The van der Waals surface area contributed by atoms with E-state index in [1.165, 1.54) is 33.9 Å². The molecule has 0 aromatic heterocycles. The molecule has 33 heavy (non-hydrogen) atoms. The second-order valence-electron chi connectivity index (χ2n) is 7.16. The number of hydrogen-bond acceptors (Lipinski definition) is 10. The van der Waals surface area contributed by atoms with Crippen LogP contribution < -0.4 is 0 Å². The number of esters is 4. The van der Waals surface area contributed by atoms with Crippen molar-refractivity contribution in [3.05, 3.63) is 42.0 Å². The van der Waals surface area contributed by atoms with E-state index in [1.54, 1.807) is 12.2 Å². The summed E-state index contributed by atoms with van der Waals surface area (Å²) in [5.74, 6) is -2.61. The SMILES string of the molecule is CC(=O)OC[C@H]1O[C@@H](OC(C)=O)[C@H](N=C/C=C/c2ccccc2)[C@@H](OC(C)=O)[C@H]1OC(C)=O. The van der Waals surface area contributed by atoms with Gasteiger partial charge in [0.15, 0.2) is 18.2 Å². The van der Waals surface area contributed by atoms with E-state index >= 15 is 0 Å². The predicted octanol–water partition coefficient (Wildman–Crippen LogP) is 1.85. The molecule has 0 aliphatic carbocycles. The van der Waals surface area contributed by atoms with Crippen molar-refractivity contribution in [3.8, 4) is 0 Å². The lowest BCUT2D eigenvalue weighted by Crippen LogP contribution is -2.61. The number of benzene rings is 1. The number of ether oxygens (including phenoxy) is 5. The number of aliphatic imine (C=N–C) groups is 1. The highest BCUT2D eigenvalue weighted by molar-refractivity contribution is 5.78. The highest BCUT2D eigenvalue weighted by Crippen LogP contribution is 2.29. The van der Waals surface area contributed by atoms with Crippen LogP contribution in [-0.2, 0) is 42.9 Å². The maximum atomic E-state index is 11.8. The van der Waals surface area contributed by atoms with Crippen LogP contribution in [0.25, 0.3) is 6.08 Å².